The molecule has 0 aromatic heterocycles. The molecule has 2 aromatic carbocycles. The van der Waals surface area contributed by atoms with Gasteiger partial charge in [-0.05, 0) is 36.4 Å². The van der Waals surface area contributed by atoms with Crippen LogP contribution in [0.25, 0.3) is 0 Å². The largest absolute Gasteiger partial charge is 0.497 e. The molecule has 2 rings (SSSR count). The minimum Gasteiger partial charge on any atom is -0.497 e. The van der Waals surface area contributed by atoms with E-state index in [1.807, 2.05) is 24.3 Å². The van der Waals surface area contributed by atoms with Crippen LogP contribution in [0.4, 0.5) is 0 Å². The fourth-order valence-electron chi connectivity index (χ4n) is 1.66. The fraction of sp³-hybridized carbons (Fsp3) is 0.125. The predicted octanol–water partition coefficient (Wildman–Crippen LogP) is 3.75. The molecule has 0 aliphatic carbocycles. The number of carbonyl (C=O) groups is 1. The first-order chi connectivity index (χ1) is 11.1. The Kier molecular flexibility index (Phi) is 6.61. The van der Waals surface area contributed by atoms with E-state index in [9.17, 15) is 4.79 Å². The molecule has 0 heterocycles. The number of nitrogens with zero attached hydrogens (tertiary/aromatic N) is 1. The van der Waals surface area contributed by atoms with E-state index < -0.39 is 0 Å². The van der Waals surface area contributed by atoms with Gasteiger partial charge in [0.05, 0.1) is 13.3 Å². The maximum Gasteiger partial charge on any atom is 0.277 e. The summed E-state index contributed by atoms with van der Waals surface area (Å²) in [5.74, 6) is 0.966. The lowest BCUT2D eigenvalue weighted by Crippen LogP contribution is -2.24. The van der Waals surface area contributed by atoms with Crippen molar-refractivity contribution in [2.75, 3.05) is 13.7 Å². The standard InChI is InChI=1S/C16H14Br2N2O3/c1-22-13-5-6-15(18)11(7-13)9-19-20-16(21)10-23-14-4-2-3-12(17)8-14/h2-9H,10H2,1H3,(H,20,21). The van der Waals surface area contributed by atoms with Gasteiger partial charge in [0.1, 0.15) is 11.5 Å². The molecule has 0 saturated carbocycles. The Hall–Kier alpha value is -1.86. The number of benzene rings is 2. The lowest BCUT2D eigenvalue weighted by Gasteiger charge is -2.05. The second-order valence-corrected chi connectivity index (χ2v) is 6.20. The molecular formula is C16H14Br2N2O3. The first kappa shape index (κ1) is 17.5. The van der Waals surface area contributed by atoms with Gasteiger partial charge in [-0.2, -0.15) is 5.10 Å². The number of rotatable bonds is 6. The maximum atomic E-state index is 11.7. The van der Waals surface area contributed by atoms with Crippen LogP contribution in [-0.2, 0) is 4.79 Å². The fourth-order valence-corrected chi connectivity index (χ4v) is 2.39. The highest BCUT2D eigenvalue weighted by atomic mass is 79.9. The van der Waals surface area contributed by atoms with Crippen LogP contribution in [0, 0.1) is 0 Å². The van der Waals surface area contributed by atoms with E-state index >= 15 is 0 Å². The zero-order chi connectivity index (χ0) is 16.7. The molecule has 0 aliphatic heterocycles. The quantitative estimate of drug-likeness (QED) is 0.548. The van der Waals surface area contributed by atoms with E-state index in [-0.39, 0.29) is 12.5 Å². The third-order valence-electron chi connectivity index (χ3n) is 2.76. The number of nitrogens with one attached hydrogen (secondary N) is 1. The van der Waals surface area contributed by atoms with Crippen molar-refractivity contribution in [1.82, 2.24) is 5.43 Å². The number of ether oxygens (including phenoxy) is 2. The average Bonchev–Trinajstić information content (AvgIpc) is 2.55. The minimum absolute atomic E-state index is 0.118. The number of halogens is 2. The number of hydrogen-bond donors (Lipinski definition) is 1. The molecule has 23 heavy (non-hydrogen) atoms. The van der Waals surface area contributed by atoms with Crippen molar-refractivity contribution in [2.45, 2.75) is 0 Å². The third-order valence-corrected chi connectivity index (χ3v) is 3.98. The molecule has 7 heteroatoms. The Morgan fingerprint density at radius 1 is 1.22 bits per heavy atom. The summed E-state index contributed by atoms with van der Waals surface area (Å²) in [5, 5.41) is 3.91. The molecule has 120 valence electrons. The summed E-state index contributed by atoms with van der Waals surface area (Å²) >= 11 is 6.74. The Balaban J connectivity index is 1.86. The molecule has 0 unspecified atom stereocenters. The highest BCUT2D eigenvalue weighted by Gasteiger charge is 2.03. The maximum absolute atomic E-state index is 11.7. The molecular weight excluding hydrogens is 428 g/mol. The molecule has 0 fully saturated rings. The van der Waals surface area contributed by atoms with Gasteiger partial charge in [0.25, 0.3) is 5.91 Å². The minimum atomic E-state index is -0.347. The number of carbonyl (C=O) groups excluding carboxylic acids is 1. The van der Waals surface area contributed by atoms with Gasteiger partial charge < -0.3 is 9.47 Å². The Morgan fingerprint density at radius 2 is 2.04 bits per heavy atom. The van der Waals surface area contributed by atoms with Crippen molar-refractivity contribution in [1.29, 1.82) is 0 Å². The normalized spacial score (nSPS) is 10.6. The van der Waals surface area contributed by atoms with Crippen molar-refractivity contribution in [3.05, 3.63) is 57.0 Å². The van der Waals surface area contributed by atoms with Gasteiger partial charge in [-0.25, -0.2) is 5.43 Å². The monoisotopic (exact) mass is 440 g/mol. The first-order valence-corrected chi connectivity index (χ1v) is 8.21. The molecule has 2 aromatic rings. The molecule has 1 amide bonds. The van der Waals surface area contributed by atoms with E-state index in [0.717, 1.165) is 14.5 Å². The van der Waals surface area contributed by atoms with Crippen LogP contribution in [0.1, 0.15) is 5.56 Å². The van der Waals surface area contributed by atoms with Crippen molar-refractivity contribution in [3.8, 4) is 11.5 Å². The number of amides is 1. The Labute approximate surface area is 150 Å². The molecule has 0 aliphatic rings. The van der Waals surface area contributed by atoms with Crippen LogP contribution >= 0.6 is 31.9 Å². The number of hydrogen-bond acceptors (Lipinski definition) is 4. The SMILES string of the molecule is COc1ccc(Br)c(C=NNC(=O)COc2cccc(Br)c2)c1. The van der Waals surface area contributed by atoms with E-state index in [4.69, 9.17) is 9.47 Å². The van der Waals surface area contributed by atoms with Crippen LogP contribution < -0.4 is 14.9 Å². The van der Waals surface area contributed by atoms with Crippen LogP contribution in [0.5, 0.6) is 11.5 Å². The third kappa shape index (κ3) is 5.69. The van der Waals surface area contributed by atoms with Gasteiger partial charge in [0.2, 0.25) is 0 Å². The van der Waals surface area contributed by atoms with E-state index in [0.29, 0.717) is 11.5 Å². The van der Waals surface area contributed by atoms with Gasteiger partial charge in [0, 0.05) is 14.5 Å². The zero-order valence-corrected chi connectivity index (χ0v) is 15.4. The predicted molar refractivity (Wildman–Crippen MR) is 96.1 cm³/mol. The van der Waals surface area contributed by atoms with Crippen molar-refractivity contribution >= 4 is 44.0 Å². The lowest BCUT2D eigenvalue weighted by atomic mass is 10.2. The van der Waals surface area contributed by atoms with Gasteiger partial charge in [0.15, 0.2) is 6.61 Å². The van der Waals surface area contributed by atoms with Gasteiger partial charge in [-0.3, -0.25) is 4.79 Å². The molecule has 0 atom stereocenters. The summed E-state index contributed by atoms with van der Waals surface area (Å²) in [6.45, 7) is -0.118. The molecule has 1 N–H and O–H groups in total. The topological polar surface area (TPSA) is 59.9 Å². The summed E-state index contributed by atoms with van der Waals surface area (Å²) in [4.78, 5) is 11.7. The smallest absolute Gasteiger partial charge is 0.277 e. The van der Waals surface area contributed by atoms with Crippen LogP contribution in [-0.4, -0.2) is 25.8 Å². The summed E-state index contributed by atoms with van der Waals surface area (Å²) in [6, 6.07) is 12.7. The first-order valence-electron chi connectivity index (χ1n) is 6.62. The van der Waals surface area contributed by atoms with Crippen LogP contribution in [0.15, 0.2) is 56.5 Å². The van der Waals surface area contributed by atoms with Crippen LogP contribution in [0.3, 0.4) is 0 Å². The molecule has 0 saturated heterocycles. The number of methoxy groups -OCH3 is 1. The average molecular weight is 442 g/mol. The van der Waals surface area contributed by atoms with Crippen molar-refractivity contribution in [2.24, 2.45) is 5.10 Å². The Morgan fingerprint density at radius 3 is 2.78 bits per heavy atom. The molecule has 0 radical (unpaired) electrons. The molecule has 0 bridgehead atoms. The van der Waals surface area contributed by atoms with Crippen LogP contribution in [0.2, 0.25) is 0 Å². The summed E-state index contributed by atoms with van der Waals surface area (Å²) in [5.41, 5.74) is 3.20. The second-order valence-electron chi connectivity index (χ2n) is 4.43. The highest BCUT2D eigenvalue weighted by molar-refractivity contribution is 9.10. The van der Waals surface area contributed by atoms with E-state index in [1.165, 1.54) is 6.21 Å². The van der Waals surface area contributed by atoms with Crippen molar-refractivity contribution in [3.63, 3.8) is 0 Å². The van der Waals surface area contributed by atoms with Crippen molar-refractivity contribution < 1.29 is 14.3 Å². The molecule has 5 nitrogen and oxygen atoms in total. The summed E-state index contributed by atoms with van der Waals surface area (Å²) in [7, 11) is 1.59. The number of hydrazone groups is 1. The van der Waals surface area contributed by atoms with E-state index in [1.54, 1.807) is 25.3 Å². The highest BCUT2D eigenvalue weighted by Crippen LogP contribution is 2.21. The van der Waals surface area contributed by atoms with Gasteiger partial charge in [-0.15, -0.1) is 0 Å². The summed E-state index contributed by atoms with van der Waals surface area (Å²) < 4.78 is 12.2. The van der Waals surface area contributed by atoms with E-state index in [2.05, 4.69) is 42.4 Å². The molecule has 0 spiro atoms. The Bertz CT molecular complexity index is 720. The van der Waals surface area contributed by atoms with Gasteiger partial charge in [-0.1, -0.05) is 37.9 Å². The zero-order valence-electron chi connectivity index (χ0n) is 12.3. The summed E-state index contributed by atoms with van der Waals surface area (Å²) in [6.07, 6.45) is 1.53. The van der Waals surface area contributed by atoms with Gasteiger partial charge >= 0.3 is 0 Å². The lowest BCUT2D eigenvalue weighted by molar-refractivity contribution is -0.123. The second kappa shape index (κ2) is 8.69.